The third-order valence-corrected chi connectivity index (χ3v) is 3.92. The lowest BCUT2D eigenvalue weighted by atomic mass is 9.97. The van der Waals surface area contributed by atoms with Crippen LogP contribution in [-0.2, 0) is 16.1 Å². The van der Waals surface area contributed by atoms with Crippen LogP contribution in [-0.4, -0.2) is 45.8 Å². The Bertz CT molecular complexity index is 492. The molecule has 110 valence electrons. The van der Waals surface area contributed by atoms with Gasteiger partial charge in [-0.15, -0.1) is 10.2 Å². The molecule has 0 aromatic carbocycles. The Labute approximate surface area is 120 Å². The normalized spacial score (nSPS) is 19.1. The molecule has 1 aromatic heterocycles. The van der Waals surface area contributed by atoms with Crippen LogP contribution in [0.3, 0.4) is 0 Å². The van der Waals surface area contributed by atoms with Gasteiger partial charge in [0, 0.05) is 13.1 Å². The zero-order chi connectivity index (χ0) is 14.5. The van der Waals surface area contributed by atoms with E-state index in [0.29, 0.717) is 24.2 Å². The predicted molar refractivity (Wildman–Crippen MR) is 71.4 cm³/mol. The van der Waals surface area contributed by atoms with Crippen molar-refractivity contribution in [3.05, 3.63) is 5.89 Å². The molecule has 2 amide bonds. The molecule has 1 aliphatic rings. The summed E-state index contributed by atoms with van der Waals surface area (Å²) >= 11 is 1.16. The second-order valence-electron chi connectivity index (χ2n) is 4.54. The van der Waals surface area contributed by atoms with E-state index < -0.39 is 0 Å². The smallest absolute Gasteiger partial charge is 0.277 e. The zero-order valence-electron chi connectivity index (χ0n) is 10.9. The van der Waals surface area contributed by atoms with Crippen LogP contribution in [0.15, 0.2) is 9.64 Å². The van der Waals surface area contributed by atoms with Crippen LogP contribution in [0.5, 0.6) is 0 Å². The lowest BCUT2D eigenvalue weighted by Crippen LogP contribution is -2.44. The Hall–Kier alpha value is -1.61. The van der Waals surface area contributed by atoms with Crippen molar-refractivity contribution in [3.63, 3.8) is 0 Å². The third-order valence-electron chi connectivity index (χ3n) is 3.12. The van der Waals surface area contributed by atoms with Gasteiger partial charge in [0.15, 0.2) is 0 Å². The molecule has 1 aromatic rings. The number of aromatic nitrogens is 2. The summed E-state index contributed by atoms with van der Waals surface area (Å²) in [5.41, 5.74) is 10.6. The number of hydrogen-bond donors (Lipinski definition) is 2. The summed E-state index contributed by atoms with van der Waals surface area (Å²) in [5.74, 6) is -0.123. The van der Waals surface area contributed by atoms with Crippen LogP contribution in [0.1, 0.15) is 18.7 Å². The minimum Gasteiger partial charge on any atom is -0.415 e. The van der Waals surface area contributed by atoms with Gasteiger partial charge in [0.05, 0.1) is 18.2 Å². The molecule has 1 fully saturated rings. The molecule has 0 saturated carbocycles. The number of carbonyl (C=O) groups is 2. The van der Waals surface area contributed by atoms with Gasteiger partial charge in [-0.25, -0.2) is 0 Å². The van der Waals surface area contributed by atoms with Gasteiger partial charge in [0.25, 0.3) is 5.22 Å². The topological polar surface area (TPSA) is 128 Å². The van der Waals surface area contributed by atoms with E-state index in [-0.39, 0.29) is 30.0 Å². The molecule has 0 spiro atoms. The van der Waals surface area contributed by atoms with E-state index in [1.54, 1.807) is 4.90 Å². The largest absolute Gasteiger partial charge is 0.415 e. The Kier molecular flexibility index (Phi) is 4.96. The molecule has 1 aliphatic heterocycles. The second kappa shape index (κ2) is 6.71. The summed E-state index contributed by atoms with van der Waals surface area (Å²) in [6.45, 7) is 1.22. The van der Waals surface area contributed by atoms with E-state index in [1.165, 1.54) is 0 Å². The van der Waals surface area contributed by atoms with Crippen molar-refractivity contribution in [1.82, 2.24) is 15.1 Å². The number of amides is 2. The van der Waals surface area contributed by atoms with Crippen LogP contribution in [0.2, 0.25) is 0 Å². The molecule has 0 bridgehead atoms. The van der Waals surface area contributed by atoms with Crippen molar-refractivity contribution in [1.29, 1.82) is 0 Å². The van der Waals surface area contributed by atoms with Crippen molar-refractivity contribution in [2.45, 2.75) is 24.6 Å². The summed E-state index contributed by atoms with van der Waals surface area (Å²) in [5, 5.41) is 7.80. The average molecular weight is 299 g/mol. The van der Waals surface area contributed by atoms with Gasteiger partial charge in [-0.3, -0.25) is 9.59 Å². The SMILES string of the molecule is NCc1nnc(SCC(=O)N2CCCC(C(N)=O)C2)o1. The summed E-state index contributed by atoms with van der Waals surface area (Å²) in [7, 11) is 0. The highest BCUT2D eigenvalue weighted by Crippen LogP contribution is 2.20. The molecule has 1 saturated heterocycles. The maximum Gasteiger partial charge on any atom is 0.277 e. The summed E-state index contributed by atoms with van der Waals surface area (Å²) < 4.78 is 5.20. The van der Waals surface area contributed by atoms with Crippen LogP contribution < -0.4 is 11.5 Å². The van der Waals surface area contributed by atoms with Gasteiger partial charge >= 0.3 is 0 Å². The van der Waals surface area contributed by atoms with Crippen molar-refractivity contribution in [2.24, 2.45) is 17.4 Å². The highest BCUT2D eigenvalue weighted by molar-refractivity contribution is 7.99. The van der Waals surface area contributed by atoms with Gasteiger partial charge in [-0.1, -0.05) is 11.8 Å². The number of carbonyl (C=O) groups excluding carboxylic acids is 2. The van der Waals surface area contributed by atoms with Gasteiger partial charge < -0.3 is 20.8 Å². The fourth-order valence-corrected chi connectivity index (χ4v) is 2.71. The Morgan fingerprint density at radius 2 is 2.25 bits per heavy atom. The van der Waals surface area contributed by atoms with E-state index in [9.17, 15) is 9.59 Å². The minimum atomic E-state index is -0.348. The molecule has 8 nitrogen and oxygen atoms in total. The van der Waals surface area contributed by atoms with Crippen molar-refractivity contribution >= 4 is 23.6 Å². The standard InChI is InChI=1S/C11H17N5O3S/c12-4-8-14-15-11(19-8)20-6-9(17)16-3-1-2-7(5-16)10(13)18/h7H,1-6,12H2,(H2,13,18). The number of likely N-dealkylation sites (tertiary alicyclic amines) is 1. The molecule has 1 unspecified atom stereocenters. The van der Waals surface area contributed by atoms with Gasteiger partial charge in [0.2, 0.25) is 17.7 Å². The highest BCUT2D eigenvalue weighted by atomic mass is 32.2. The van der Waals surface area contributed by atoms with E-state index in [0.717, 1.165) is 24.6 Å². The highest BCUT2D eigenvalue weighted by Gasteiger charge is 2.27. The van der Waals surface area contributed by atoms with Crippen LogP contribution >= 0.6 is 11.8 Å². The van der Waals surface area contributed by atoms with Crippen LogP contribution in [0.25, 0.3) is 0 Å². The van der Waals surface area contributed by atoms with E-state index in [2.05, 4.69) is 10.2 Å². The molecular weight excluding hydrogens is 282 g/mol. The summed E-state index contributed by atoms with van der Waals surface area (Å²) in [6.07, 6.45) is 1.54. The first-order valence-electron chi connectivity index (χ1n) is 6.32. The number of nitrogens with zero attached hydrogens (tertiary/aromatic N) is 3. The lowest BCUT2D eigenvalue weighted by Gasteiger charge is -2.31. The van der Waals surface area contributed by atoms with E-state index in [4.69, 9.17) is 15.9 Å². The number of primary amides is 1. The minimum absolute atomic E-state index is 0.0616. The van der Waals surface area contributed by atoms with Crippen molar-refractivity contribution in [2.75, 3.05) is 18.8 Å². The summed E-state index contributed by atoms with van der Waals surface area (Å²) in [6, 6.07) is 0. The van der Waals surface area contributed by atoms with E-state index >= 15 is 0 Å². The summed E-state index contributed by atoms with van der Waals surface area (Å²) in [4.78, 5) is 24.9. The van der Waals surface area contributed by atoms with Crippen LogP contribution in [0, 0.1) is 5.92 Å². The molecule has 0 aliphatic carbocycles. The van der Waals surface area contributed by atoms with Gasteiger partial charge in [0.1, 0.15) is 0 Å². The lowest BCUT2D eigenvalue weighted by molar-refractivity contribution is -0.132. The molecule has 2 heterocycles. The number of hydrogen-bond acceptors (Lipinski definition) is 7. The fourth-order valence-electron chi connectivity index (χ4n) is 2.03. The zero-order valence-corrected chi connectivity index (χ0v) is 11.8. The Morgan fingerprint density at radius 1 is 1.45 bits per heavy atom. The maximum absolute atomic E-state index is 12.1. The van der Waals surface area contributed by atoms with Crippen molar-refractivity contribution < 1.29 is 14.0 Å². The molecule has 20 heavy (non-hydrogen) atoms. The third kappa shape index (κ3) is 3.70. The molecule has 2 rings (SSSR count). The number of rotatable bonds is 5. The monoisotopic (exact) mass is 299 g/mol. The molecule has 4 N–H and O–H groups in total. The molecule has 1 atom stereocenters. The first-order chi connectivity index (χ1) is 9.60. The van der Waals surface area contributed by atoms with Crippen molar-refractivity contribution in [3.8, 4) is 0 Å². The second-order valence-corrected chi connectivity index (χ2v) is 5.46. The fraction of sp³-hybridized carbons (Fsp3) is 0.636. The van der Waals surface area contributed by atoms with E-state index in [1.807, 2.05) is 0 Å². The molecular formula is C11H17N5O3S. The quantitative estimate of drug-likeness (QED) is 0.691. The predicted octanol–water partition coefficient (Wildman–Crippen LogP) is -0.656. The first-order valence-corrected chi connectivity index (χ1v) is 7.31. The Morgan fingerprint density at radius 3 is 2.90 bits per heavy atom. The van der Waals surface area contributed by atoms with Gasteiger partial charge in [-0.05, 0) is 12.8 Å². The molecule has 0 radical (unpaired) electrons. The number of piperidine rings is 1. The Balaban J connectivity index is 1.83. The molecule has 9 heteroatoms. The average Bonchev–Trinajstić information content (AvgIpc) is 2.93. The van der Waals surface area contributed by atoms with Crippen LogP contribution in [0.4, 0.5) is 0 Å². The number of thioether (sulfide) groups is 1. The first kappa shape index (κ1) is 14.8. The maximum atomic E-state index is 12.1. The van der Waals surface area contributed by atoms with Gasteiger partial charge in [-0.2, -0.15) is 0 Å². The number of nitrogens with two attached hydrogens (primary N) is 2.